The molecule has 3 aliphatic rings. The van der Waals surface area contributed by atoms with Gasteiger partial charge in [0.05, 0.1) is 6.61 Å². The van der Waals surface area contributed by atoms with E-state index in [9.17, 15) is 4.39 Å². The first-order valence-electron chi connectivity index (χ1n) is 9.56. The summed E-state index contributed by atoms with van der Waals surface area (Å²) in [6, 6.07) is 5.75. The maximum atomic E-state index is 14.6. The van der Waals surface area contributed by atoms with Crippen LogP contribution in [0.3, 0.4) is 0 Å². The minimum absolute atomic E-state index is 0.105. The number of aromatic nitrogens is 2. The molecule has 0 bridgehead atoms. The Morgan fingerprint density at radius 2 is 2.30 bits per heavy atom. The molecule has 2 aromatic rings. The van der Waals surface area contributed by atoms with E-state index in [1.807, 2.05) is 6.07 Å². The Kier molecular flexibility index (Phi) is 4.35. The Hall–Kier alpha value is -1.02. The first-order valence-corrected chi connectivity index (χ1v) is 10.8. The molecular weight excluding hydrogens is 429 g/mol. The summed E-state index contributed by atoms with van der Waals surface area (Å²) in [5.41, 5.74) is 3.33. The number of nitrogens with one attached hydrogen (secondary N) is 1. The fourth-order valence-corrected chi connectivity index (χ4v) is 5.67. The van der Waals surface area contributed by atoms with Gasteiger partial charge in [0, 0.05) is 66.4 Å². The lowest BCUT2D eigenvalue weighted by atomic mass is 9.93. The minimum Gasteiger partial charge on any atom is -0.380 e. The molecule has 1 aliphatic carbocycles. The summed E-state index contributed by atoms with van der Waals surface area (Å²) < 4.78 is 26.2. The normalized spacial score (nSPS) is 28.4. The highest BCUT2D eigenvalue weighted by Gasteiger charge is 2.63. The molecule has 5 rings (SSSR count). The van der Waals surface area contributed by atoms with E-state index in [-0.39, 0.29) is 11.2 Å². The van der Waals surface area contributed by atoms with Crippen LogP contribution in [0.1, 0.15) is 35.7 Å². The number of ether oxygens (including phenoxy) is 1. The van der Waals surface area contributed by atoms with Crippen LogP contribution < -0.4 is 5.32 Å². The van der Waals surface area contributed by atoms with Gasteiger partial charge >= 0.3 is 0 Å². The molecule has 1 N–H and O–H groups in total. The Bertz CT molecular complexity index is 965. The van der Waals surface area contributed by atoms with Crippen molar-refractivity contribution in [2.24, 2.45) is 7.05 Å². The SMILES string of the molecule is Cn1c(CCN[C@@H]2CCOC2)c2n(c1=S)C[C@@]1(c3cc(Br)ccc3F)C[C@@H]21. The molecule has 3 heterocycles. The standard InChI is InChI=1S/C20H23BrFN3OS/c1-24-17(4-6-23-13-5-7-26-10-13)18-15-9-20(15,11-25(18)19(24)27)14-8-12(21)2-3-16(14)22/h2-3,8,13,15,23H,4-7,9-11H2,1H3/t13-,15+,20-/m1/s1. The van der Waals surface area contributed by atoms with Gasteiger partial charge in [-0.3, -0.25) is 0 Å². The number of benzene rings is 1. The number of fused-ring (bicyclic) bond motifs is 3. The van der Waals surface area contributed by atoms with Crippen molar-refractivity contribution in [3.63, 3.8) is 0 Å². The Labute approximate surface area is 171 Å². The van der Waals surface area contributed by atoms with Crippen LogP contribution in [0.4, 0.5) is 4.39 Å². The highest BCUT2D eigenvalue weighted by atomic mass is 79.9. The maximum Gasteiger partial charge on any atom is 0.180 e. The maximum absolute atomic E-state index is 14.6. The fraction of sp³-hybridized carbons (Fsp3) is 0.550. The molecule has 0 amide bonds. The third kappa shape index (κ3) is 2.77. The van der Waals surface area contributed by atoms with Gasteiger partial charge in [-0.1, -0.05) is 15.9 Å². The molecule has 3 atom stereocenters. The van der Waals surface area contributed by atoms with E-state index in [0.717, 1.165) is 60.4 Å². The Balaban J connectivity index is 1.42. The van der Waals surface area contributed by atoms with Crippen LogP contribution in [0.25, 0.3) is 0 Å². The molecule has 2 fully saturated rings. The average Bonchev–Trinajstić information content (AvgIpc) is 2.97. The quantitative estimate of drug-likeness (QED) is 0.701. The number of imidazole rings is 1. The van der Waals surface area contributed by atoms with Crippen LogP contribution in [0.5, 0.6) is 0 Å². The summed E-state index contributed by atoms with van der Waals surface area (Å²) >= 11 is 9.21. The van der Waals surface area contributed by atoms with Gasteiger partial charge in [0.15, 0.2) is 4.77 Å². The molecule has 2 aliphatic heterocycles. The largest absolute Gasteiger partial charge is 0.380 e. The van der Waals surface area contributed by atoms with Gasteiger partial charge in [0.25, 0.3) is 0 Å². The molecule has 1 saturated heterocycles. The number of rotatable bonds is 5. The van der Waals surface area contributed by atoms with E-state index >= 15 is 0 Å². The monoisotopic (exact) mass is 451 g/mol. The van der Waals surface area contributed by atoms with Crippen molar-refractivity contribution in [1.29, 1.82) is 0 Å². The zero-order chi connectivity index (χ0) is 18.8. The Morgan fingerprint density at radius 3 is 3.07 bits per heavy atom. The summed E-state index contributed by atoms with van der Waals surface area (Å²) in [4.78, 5) is 0. The molecule has 4 nitrogen and oxygen atoms in total. The predicted octanol–water partition coefficient (Wildman–Crippen LogP) is 3.82. The summed E-state index contributed by atoms with van der Waals surface area (Å²) in [5, 5.41) is 3.60. The molecule has 144 valence electrons. The van der Waals surface area contributed by atoms with Gasteiger partial charge in [-0.15, -0.1) is 0 Å². The van der Waals surface area contributed by atoms with Gasteiger partial charge in [-0.2, -0.15) is 0 Å². The molecule has 0 radical (unpaired) electrons. The van der Waals surface area contributed by atoms with Crippen LogP contribution in [0.15, 0.2) is 22.7 Å². The van der Waals surface area contributed by atoms with Crippen LogP contribution in [0.2, 0.25) is 0 Å². The lowest BCUT2D eigenvalue weighted by Gasteiger charge is -2.15. The fourth-order valence-electron chi connectivity index (χ4n) is 5.04. The zero-order valence-electron chi connectivity index (χ0n) is 15.3. The van der Waals surface area contributed by atoms with E-state index in [1.165, 1.54) is 11.4 Å². The molecule has 27 heavy (non-hydrogen) atoms. The zero-order valence-corrected chi connectivity index (χ0v) is 17.7. The second kappa shape index (κ2) is 6.51. The summed E-state index contributed by atoms with van der Waals surface area (Å²) in [5.74, 6) is 0.264. The lowest BCUT2D eigenvalue weighted by molar-refractivity contribution is 0.190. The van der Waals surface area contributed by atoms with E-state index in [2.05, 4.69) is 37.4 Å². The van der Waals surface area contributed by atoms with Crippen LogP contribution >= 0.6 is 28.1 Å². The predicted molar refractivity (Wildman–Crippen MR) is 108 cm³/mol. The van der Waals surface area contributed by atoms with Crippen molar-refractivity contribution in [3.8, 4) is 0 Å². The third-order valence-electron chi connectivity index (χ3n) is 6.54. The third-order valence-corrected chi connectivity index (χ3v) is 7.53. The average molecular weight is 452 g/mol. The van der Waals surface area contributed by atoms with E-state index < -0.39 is 0 Å². The molecule has 7 heteroatoms. The Morgan fingerprint density at radius 1 is 1.44 bits per heavy atom. The lowest BCUT2D eigenvalue weighted by Crippen LogP contribution is -2.31. The highest BCUT2D eigenvalue weighted by Crippen LogP contribution is 2.66. The second-order valence-electron chi connectivity index (χ2n) is 8.06. The van der Waals surface area contributed by atoms with Gasteiger partial charge in [0.2, 0.25) is 0 Å². The molecule has 1 aromatic heterocycles. The van der Waals surface area contributed by atoms with E-state index in [0.29, 0.717) is 12.0 Å². The minimum atomic E-state index is -0.119. The molecular formula is C20H23BrFN3OS. The molecule has 0 unspecified atom stereocenters. The molecule has 1 aromatic carbocycles. The molecule has 1 saturated carbocycles. The van der Waals surface area contributed by atoms with Crippen molar-refractivity contribution >= 4 is 28.1 Å². The van der Waals surface area contributed by atoms with Gasteiger partial charge in [0.1, 0.15) is 5.82 Å². The highest BCUT2D eigenvalue weighted by molar-refractivity contribution is 9.10. The molecule has 0 spiro atoms. The first-order chi connectivity index (χ1) is 13.0. The smallest absolute Gasteiger partial charge is 0.180 e. The van der Waals surface area contributed by atoms with Gasteiger partial charge < -0.3 is 19.2 Å². The van der Waals surface area contributed by atoms with Crippen LogP contribution in [-0.4, -0.2) is 34.9 Å². The van der Waals surface area contributed by atoms with Crippen molar-refractivity contribution < 1.29 is 9.13 Å². The van der Waals surface area contributed by atoms with E-state index in [1.54, 1.807) is 12.1 Å². The van der Waals surface area contributed by atoms with Crippen LogP contribution in [-0.2, 0) is 30.2 Å². The van der Waals surface area contributed by atoms with Crippen LogP contribution in [0, 0.1) is 10.6 Å². The first kappa shape index (κ1) is 18.0. The summed E-state index contributed by atoms with van der Waals surface area (Å²) in [6.45, 7) is 3.36. The van der Waals surface area contributed by atoms with Crippen molar-refractivity contribution in [2.45, 2.75) is 43.2 Å². The van der Waals surface area contributed by atoms with Gasteiger partial charge in [-0.05, 0) is 48.8 Å². The van der Waals surface area contributed by atoms with Crippen molar-refractivity contribution in [1.82, 2.24) is 14.5 Å². The number of hydrogen-bond acceptors (Lipinski definition) is 3. The number of nitrogens with zero attached hydrogens (tertiary/aromatic N) is 2. The number of halogens is 2. The summed E-state index contributed by atoms with van der Waals surface area (Å²) in [7, 11) is 2.06. The number of hydrogen-bond donors (Lipinski definition) is 1. The van der Waals surface area contributed by atoms with E-state index in [4.69, 9.17) is 17.0 Å². The van der Waals surface area contributed by atoms with Gasteiger partial charge in [-0.25, -0.2) is 4.39 Å². The summed E-state index contributed by atoms with van der Waals surface area (Å²) in [6.07, 6.45) is 3.03. The van der Waals surface area contributed by atoms with Crippen molar-refractivity contribution in [3.05, 3.63) is 50.2 Å². The van der Waals surface area contributed by atoms with Crippen molar-refractivity contribution in [2.75, 3.05) is 19.8 Å². The topological polar surface area (TPSA) is 31.1 Å². The second-order valence-corrected chi connectivity index (χ2v) is 9.34.